The van der Waals surface area contributed by atoms with Gasteiger partial charge in [0, 0.05) is 17.3 Å². The van der Waals surface area contributed by atoms with Crippen LogP contribution in [-0.2, 0) is 5.60 Å². The highest BCUT2D eigenvalue weighted by Crippen LogP contribution is 2.29. The van der Waals surface area contributed by atoms with Gasteiger partial charge in [-0.05, 0) is 32.9 Å². The van der Waals surface area contributed by atoms with E-state index in [1.807, 2.05) is 0 Å². The molecule has 1 N–H and O–H groups in total. The van der Waals surface area contributed by atoms with E-state index in [4.69, 9.17) is 11.6 Å². The second-order valence-corrected chi connectivity index (χ2v) is 5.08. The lowest BCUT2D eigenvalue weighted by molar-refractivity contribution is 0.0783. The van der Waals surface area contributed by atoms with Gasteiger partial charge in [0.2, 0.25) is 0 Å². The van der Waals surface area contributed by atoms with Crippen LogP contribution in [0.3, 0.4) is 0 Å². The molecule has 0 bridgehead atoms. The molecule has 0 spiro atoms. The first kappa shape index (κ1) is 15.6. The SMILES string of the molecule is C=CC=CC(F)=C(C)c1cc(Cl)c(C(C)(C)O)cn1. The Bertz CT molecular complexity index is 542. The Morgan fingerprint density at radius 2 is 2.16 bits per heavy atom. The molecular weight excluding hydrogens is 265 g/mol. The van der Waals surface area contributed by atoms with Crippen LogP contribution in [0.4, 0.5) is 4.39 Å². The van der Waals surface area contributed by atoms with Gasteiger partial charge in [0.05, 0.1) is 16.3 Å². The lowest BCUT2D eigenvalue weighted by Crippen LogP contribution is -2.16. The number of halogens is 2. The van der Waals surface area contributed by atoms with Gasteiger partial charge in [0.15, 0.2) is 0 Å². The fourth-order valence-corrected chi connectivity index (χ4v) is 1.87. The average Bonchev–Trinajstić information content (AvgIpc) is 2.33. The third-order valence-corrected chi connectivity index (χ3v) is 2.95. The first-order valence-corrected chi connectivity index (χ1v) is 6.19. The van der Waals surface area contributed by atoms with Gasteiger partial charge in [0.25, 0.3) is 0 Å². The summed E-state index contributed by atoms with van der Waals surface area (Å²) in [6.07, 6.45) is 5.77. The van der Waals surface area contributed by atoms with Gasteiger partial charge in [-0.1, -0.05) is 30.3 Å². The molecule has 0 saturated carbocycles. The molecule has 4 heteroatoms. The minimum Gasteiger partial charge on any atom is -0.386 e. The highest BCUT2D eigenvalue weighted by atomic mass is 35.5. The van der Waals surface area contributed by atoms with Crippen LogP contribution < -0.4 is 0 Å². The van der Waals surface area contributed by atoms with Crippen LogP contribution in [0.25, 0.3) is 5.57 Å². The van der Waals surface area contributed by atoms with Crippen LogP contribution >= 0.6 is 11.6 Å². The van der Waals surface area contributed by atoms with Crippen molar-refractivity contribution in [3.05, 3.63) is 59.2 Å². The van der Waals surface area contributed by atoms with Crippen molar-refractivity contribution in [3.63, 3.8) is 0 Å². The quantitative estimate of drug-likeness (QED) is 0.830. The molecule has 0 amide bonds. The summed E-state index contributed by atoms with van der Waals surface area (Å²) in [6, 6.07) is 1.55. The van der Waals surface area contributed by atoms with Crippen LogP contribution in [0.2, 0.25) is 5.02 Å². The summed E-state index contributed by atoms with van der Waals surface area (Å²) in [5.41, 5.74) is 0.237. The second kappa shape index (κ2) is 6.13. The standard InChI is InChI=1S/C15H17ClFNO/c1-5-6-7-13(17)10(2)14-8-12(16)11(9-18-14)15(3,4)19/h5-9,19H,1H2,2-4H3. The lowest BCUT2D eigenvalue weighted by Gasteiger charge is -2.19. The summed E-state index contributed by atoms with van der Waals surface area (Å²) in [5, 5.41) is 10.3. The molecule has 0 unspecified atom stereocenters. The molecule has 0 aliphatic heterocycles. The van der Waals surface area contributed by atoms with E-state index >= 15 is 0 Å². The highest BCUT2D eigenvalue weighted by Gasteiger charge is 2.20. The molecule has 0 aliphatic rings. The second-order valence-electron chi connectivity index (χ2n) is 4.68. The monoisotopic (exact) mass is 281 g/mol. The summed E-state index contributed by atoms with van der Waals surface area (Å²) in [6.45, 7) is 8.33. The molecule has 1 aromatic heterocycles. The maximum atomic E-state index is 13.7. The van der Waals surface area contributed by atoms with Gasteiger partial charge < -0.3 is 5.11 Å². The number of rotatable bonds is 4. The summed E-state index contributed by atoms with van der Waals surface area (Å²) < 4.78 is 13.7. The van der Waals surface area contributed by atoms with E-state index in [1.165, 1.54) is 24.4 Å². The van der Waals surface area contributed by atoms with E-state index in [-0.39, 0.29) is 0 Å². The number of aromatic nitrogens is 1. The van der Waals surface area contributed by atoms with Crippen LogP contribution in [0.5, 0.6) is 0 Å². The van der Waals surface area contributed by atoms with Crippen LogP contribution in [-0.4, -0.2) is 10.1 Å². The Balaban J connectivity index is 3.21. The number of hydrogen-bond donors (Lipinski definition) is 1. The predicted octanol–water partition coefficient (Wildman–Crippen LogP) is 4.41. The zero-order valence-electron chi connectivity index (χ0n) is 11.2. The zero-order valence-corrected chi connectivity index (χ0v) is 12.0. The maximum Gasteiger partial charge on any atom is 0.128 e. The number of pyridine rings is 1. The van der Waals surface area contributed by atoms with E-state index in [9.17, 15) is 9.50 Å². The molecule has 0 atom stereocenters. The predicted molar refractivity (Wildman–Crippen MR) is 77.5 cm³/mol. The Morgan fingerprint density at radius 1 is 1.53 bits per heavy atom. The molecule has 0 fully saturated rings. The maximum absolute atomic E-state index is 13.7. The van der Waals surface area contributed by atoms with Crippen molar-refractivity contribution >= 4 is 17.2 Å². The molecular formula is C15H17ClFNO. The van der Waals surface area contributed by atoms with Crippen LogP contribution in [0.1, 0.15) is 32.0 Å². The topological polar surface area (TPSA) is 33.1 Å². The van der Waals surface area contributed by atoms with Gasteiger partial charge >= 0.3 is 0 Å². The van der Waals surface area contributed by atoms with Gasteiger partial charge in [0.1, 0.15) is 5.83 Å². The van der Waals surface area contributed by atoms with Gasteiger partial charge in [-0.25, -0.2) is 4.39 Å². The molecule has 0 aromatic carbocycles. The summed E-state index contributed by atoms with van der Waals surface area (Å²) in [4.78, 5) is 4.13. The average molecular weight is 282 g/mol. The lowest BCUT2D eigenvalue weighted by atomic mass is 9.99. The molecule has 2 nitrogen and oxygen atoms in total. The Kier molecular flexibility index (Phi) is 5.04. The molecule has 0 aliphatic carbocycles. The fraction of sp³-hybridized carbons (Fsp3) is 0.267. The smallest absolute Gasteiger partial charge is 0.128 e. The Labute approximate surface area is 117 Å². The molecule has 102 valence electrons. The molecule has 0 radical (unpaired) electrons. The minimum absolute atomic E-state index is 0.359. The highest BCUT2D eigenvalue weighted by molar-refractivity contribution is 6.31. The van der Waals surface area contributed by atoms with Crippen molar-refractivity contribution in [2.24, 2.45) is 0 Å². The van der Waals surface area contributed by atoms with Crippen LogP contribution in [0.15, 0.2) is 42.9 Å². The van der Waals surface area contributed by atoms with Crippen molar-refractivity contribution in [1.29, 1.82) is 0 Å². The number of hydrogen-bond acceptors (Lipinski definition) is 2. The van der Waals surface area contributed by atoms with Crippen LogP contribution in [0, 0.1) is 0 Å². The van der Waals surface area contributed by atoms with Crippen molar-refractivity contribution in [1.82, 2.24) is 4.98 Å². The largest absolute Gasteiger partial charge is 0.386 e. The van der Waals surface area contributed by atoms with Crippen molar-refractivity contribution in [3.8, 4) is 0 Å². The van der Waals surface area contributed by atoms with E-state index in [0.29, 0.717) is 21.9 Å². The van der Waals surface area contributed by atoms with E-state index in [2.05, 4.69) is 11.6 Å². The number of aliphatic hydroxyl groups is 1. The van der Waals surface area contributed by atoms with Gasteiger partial charge in [-0.2, -0.15) is 0 Å². The molecule has 0 saturated heterocycles. The third kappa shape index (κ3) is 4.01. The van der Waals surface area contributed by atoms with E-state index < -0.39 is 11.4 Å². The molecule has 1 heterocycles. The molecule has 1 rings (SSSR count). The van der Waals surface area contributed by atoms with Crippen molar-refractivity contribution in [2.45, 2.75) is 26.4 Å². The molecule has 19 heavy (non-hydrogen) atoms. The van der Waals surface area contributed by atoms with Crippen molar-refractivity contribution in [2.75, 3.05) is 0 Å². The summed E-state index contributed by atoms with van der Waals surface area (Å²) in [7, 11) is 0. The fourth-order valence-electron chi connectivity index (χ4n) is 1.49. The Morgan fingerprint density at radius 3 is 2.63 bits per heavy atom. The number of allylic oxidation sites excluding steroid dienone is 5. The first-order valence-electron chi connectivity index (χ1n) is 5.81. The van der Waals surface area contributed by atoms with Gasteiger partial charge in [-0.15, -0.1) is 0 Å². The van der Waals surface area contributed by atoms with Gasteiger partial charge in [-0.3, -0.25) is 4.98 Å². The normalized spacial score (nSPS) is 13.6. The first-order chi connectivity index (χ1) is 8.77. The zero-order chi connectivity index (χ0) is 14.6. The summed E-state index contributed by atoms with van der Waals surface area (Å²) >= 11 is 6.09. The van der Waals surface area contributed by atoms with Crippen molar-refractivity contribution < 1.29 is 9.50 Å². The van der Waals surface area contributed by atoms with E-state index in [1.54, 1.807) is 26.8 Å². The minimum atomic E-state index is -1.08. The summed E-state index contributed by atoms with van der Waals surface area (Å²) in [5.74, 6) is -0.403. The number of nitrogens with zero attached hydrogens (tertiary/aromatic N) is 1. The third-order valence-electron chi connectivity index (χ3n) is 2.63. The molecule has 1 aromatic rings. The van der Waals surface area contributed by atoms with E-state index in [0.717, 1.165) is 0 Å². The Hall–Kier alpha value is -1.45.